The molecule has 5 aromatic heterocycles. The number of aryl methyl sites for hydroxylation is 1. The maximum atomic E-state index is 11.7. The summed E-state index contributed by atoms with van der Waals surface area (Å²) in [6.45, 7) is 4.61. The molecule has 1 aliphatic rings. The Morgan fingerprint density at radius 3 is 1.07 bits per heavy atom. The maximum Gasteiger partial charge on any atom is 0.339 e. The number of benzene rings is 1. The summed E-state index contributed by atoms with van der Waals surface area (Å²) in [5, 5.41) is 57.3. The Morgan fingerprint density at radius 2 is 0.740 bits per heavy atom. The third kappa shape index (κ3) is 40.8. The van der Waals surface area contributed by atoms with Crippen molar-refractivity contribution in [2.75, 3.05) is 66.1 Å². The predicted molar refractivity (Wildman–Crippen MR) is 365 cm³/mol. The molecule has 1 fully saturated rings. The summed E-state index contributed by atoms with van der Waals surface area (Å²) in [5.74, 6) is -5.12. The zero-order valence-electron chi connectivity index (χ0n) is 58.3. The Balaban J connectivity index is 0.000000339. The highest BCUT2D eigenvalue weighted by Crippen LogP contribution is 2.26. The second-order valence-corrected chi connectivity index (χ2v) is 23.1. The monoisotopic (exact) mass is 1450 g/mol. The third-order valence-electron chi connectivity index (χ3n) is 13.5. The molecule has 0 radical (unpaired) electrons. The van der Waals surface area contributed by atoms with Gasteiger partial charge in [0.2, 0.25) is 0 Å². The van der Waals surface area contributed by atoms with E-state index in [2.05, 4.69) is 29.7 Å². The van der Waals surface area contributed by atoms with E-state index in [-0.39, 0.29) is 102 Å². The van der Waals surface area contributed by atoms with E-state index in [1.54, 1.807) is 73.2 Å². The molecule has 6 aromatic rings. The second kappa shape index (κ2) is 52.4. The quantitative estimate of drug-likeness (QED) is 0.0221. The van der Waals surface area contributed by atoms with Gasteiger partial charge < -0.3 is 78.0 Å². The average molecular weight is 1450 g/mol. The molecule has 0 aliphatic heterocycles. The molecule has 6 atom stereocenters. The number of aliphatic hydroxyl groups is 6. The van der Waals surface area contributed by atoms with Crippen LogP contribution in [0.25, 0.3) is 0 Å². The van der Waals surface area contributed by atoms with E-state index in [1.165, 1.54) is 56.4 Å². The third-order valence-corrected chi connectivity index (χ3v) is 13.5. The molecule has 0 amide bonds. The minimum absolute atomic E-state index is 0.0462. The molecule has 31 nitrogen and oxygen atoms in total. The Labute approximate surface area is 601 Å². The van der Waals surface area contributed by atoms with Crippen molar-refractivity contribution in [1.29, 1.82) is 0 Å². The van der Waals surface area contributed by atoms with E-state index >= 15 is 0 Å². The van der Waals surface area contributed by atoms with Gasteiger partial charge >= 0.3 is 59.7 Å². The fourth-order valence-electron chi connectivity index (χ4n) is 8.13. The van der Waals surface area contributed by atoms with Crippen LogP contribution >= 0.6 is 0 Å². The van der Waals surface area contributed by atoms with Gasteiger partial charge in [0.05, 0.1) is 33.7 Å². The van der Waals surface area contributed by atoms with Crippen molar-refractivity contribution in [3.63, 3.8) is 0 Å². The Hall–Kier alpha value is -10.6. The summed E-state index contributed by atoms with van der Waals surface area (Å²) in [5.41, 5.74) is 2.52. The van der Waals surface area contributed by atoms with Crippen molar-refractivity contribution in [2.45, 2.75) is 129 Å². The number of esters is 10. The average Bonchev–Trinajstić information content (AvgIpc) is 2.64. The number of aliphatic hydroxyl groups excluding tert-OH is 6. The number of carbonyl (C=O) groups is 10. The van der Waals surface area contributed by atoms with E-state index in [4.69, 9.17) is 42.6 Å². The Bertz CT molecular complexity index is 3440. The van der Waals surface area contributed by atoms with Crippen LogP contribution in [0.1, 0.15) is 143 Å². The van der Waals surface area contributed by atoms with Crippen molar-refractivity contribution >= 4 is 59.7 Å². The molecule has 1 aliphatic carbocycles. The smallest absolute Gasteiger partial charge is 0.339 e. The van der Waals surface area contributed by atoms with Crippen LogP contribution < -0.4 is 0 Å². The van der Waals surface area contributed by atoms with Gasteiger partial charge in [-0.05, 0) is 97.8 Å². The standard InChI is InChI=1S/C18H19NO5.C15H21NO6.C15H19NO5.C14H19NO5.C11H13NO5/c20-16(13-24-18(22)15-7-4-10-19-11-15)12-23-17(21)9-8-14-5-2-1-3-6-14;1-2-3-6-13(18)15(20)22-10-12(17)9-21-14(19)11-5-4-7-16-8-11;17-13(9-20-14(18)11-4-1-2-5-11)10-21-15(19)12-6-3-7-16-8-12;1-10(2)6-13(17)19-8-12(16)9-20-14(18)11-4-3-5-15-7-11;1-8(13)16-6-10(14)7-17-11(15)9-3-2-4-12-5-9/h1-7,10-11,16,20H,8-9,12-13H2;4-5,7-8,12-13,17-18H,2-3,6,9-10H2,1H3;3,6-8,11,13,17H,1-2,4-5,9-10H2;3-5,7,10,12,16H,6,8-9H2,1-2H3;2-5,10,14H,6-7H2,1H3. The van der Waals surface area contributed by atoms with Crippen LogP contribution in [0.5, 0.6) is 0 Å². The molecule has 564 valence electrons. The molecule has 6 unspecified atom stereocenters. The molecule has 104 heavy (non-hydrogen) atoms. The van der Waals surface area contributed by atoms with Gasteiger partial charge in [0.25, 0.3) is 0 Å². The number of nitrogens with zero attached hydrogens (tertiary/aromatic N) is 5. The molecule has 1 aromatic carbocycles. The number of carbonyl (C=O) groups excluding carboxylic acids is 10. The van der Waals surface area contributed by atoms with Crippen LogP contribution in [0.15, 0.2) is 153 Å². The van der Waals surface area contributed by atoms with Gasteiger partial charge in [0.15, 0.2) is 6.10 Å². The molecule has 6 N–H and O–H groups in total. The maximum absolute atomic E-state index is 11.7. The lowest BCUT2D eigenvalue weighted by molar-refractivity contribution is -0.157. The molecule has 0 bridgehead atoms. The van der Waals surface area contributed by atoms with Crippen LogP contribution in [0, 0.1) is 11.8 Å². The van der Waals surface area contributed by atoms with Crippen LogP contribution in [0.4, 0.5) is 0 Å². The first-order chi connectivity index (χ1) is 49.9. The molecule has 1 saturated carbocycles. The van der Waals surface area contributed by atoms with Gasteiger partial charge in [-0.2, -0.15) is 0 Å². The lowest BCUT2D eigenvalue weighted by Crippen LogP contribution is -2.29. The van der Waals surface area contributed by atoms with Gasteiger partial charge in [0, 0.05) is 81.7 Å². The molecule has 7 rings (SSSR count). The SMILES string of the molecule is CC(=O)OCC(O)COC(=O)c1cccnc1.CC(C)CC(=O)OCC(O)COC(=O)c1cccnc1.CCCCC(O)C(=O)OCC(O)COC(=O)c1cccnc1.O=C(CCc1ccccc1)OCC(O)COC(=O)c1cccnc1.O=C(OCC(O)COC(=O)C1CCCC1)c1cccnc1. The molecular weight excluding hydrogens is 1360 g/mol. The van der Waals surface area contributed by atoms with E-state index < -0.39 is 84.4 Å². The molecule has 0 spiro atoms. The summed E-state index contributed by atoms with van der Waals surface area (Å²) in [4.78, 5) is 133. The highest BCUT2D eigenvalue weighted by Gasteiger charge is 2.26. The van der Waals surface area contributed by atoms with E-state index in [1.807, 2.05) is 51.1 Å². The first-order valence-corrected chi connectivity index (χ1v) is 33.2. The number of pyridine rings is 5. The zero-order chi connectivity index (χ0) is 76.3. The highest BCUT2D eigenvalue weighted by molar-refractivity contribution is 5.91. The van der Waals surface area contributed by atoms with Crippen LogP contribution in [0.3, 0.4) is 0 Å². The fraction of sp³-hybridized carbons (Fsp3) is 0.438. The number of hydrogen-bond acceptors (Lipinski definition) is 31. The van der Waals surface area contributed by atoms with Crippen molar-refractivity contribution < 1.29 is 126 Å². The summed E-state index contributed by atoms with van der Waals surface area (Å²) < 4.78 is 48.6. The number of aromatic nitrogens is 5. The van der Waals surface area contributed by atoms with E-state index in [0.717, 1.165) is 37.7 Å². The minimum Gasteiger partial charge on any atom is -0.463 e. The van der Waals surface area contributed by atoms with E-state index in [0.29, 0.717) is 47.9 Å². The number of hydrogen-bond donors (Lipinski definition) is 6. The lowest BCUT2D eigenvalue weighted by atomic mass is 10.1. The van der Waals surface area contributed by atoms with Gasteiger partial charge in [-0.3, -0.25) is 44.1 Å². The van der Waals surface area contributed by atoms with Gasteiger partial charge in [-0.25, -0.2) is 28.8 Å². The van der Waals surface area contributed by atoms with Crippen molar-refractivity contribution in [1.82, 2.24) is 24.9 Å². The number of ether oxygens (including phenoxy) is 10. The van der Waals surface area contributed by atoms with Gasteiger partial charge in [0.1, 0.15) is 96.6 Å². The van der Waals surface area contributed by atoms with Crippen molar-refractivity contribution in [2.24, 2.45) is 11.8 Å². The largest absolute Gasteiger partial charge is 0.463 e. The van der Waals surface area contributed by atoms with E-state index in [9.17, 15) is 78.6 Å². The Morgan fingerprint density at radius 1 is 0.413 bits per heavy atom. The normalized spacial score (nSPS) is 13.0. The summed E-state index contributed by atoms with van der Waals surface area (Å²) in [6.07, 6.45) is 14.8. The topological polar surface area (TPSA) is 449 Å². The van der Waals surface area contributed by atoms with Crippen LogP contribution in [-0.4, -0.2) is 218 Å². The first kappa shape index (κ1) is 87.6. The van der Waals surface area contributed by atoms with Gasteiger partial charge in [-0.1, -0.05) is 76.8 Å². The molecule has 5 heterocycles. The summed E-state index contributed by atoms with van der Waals surface area (Å²) in [6, 6.07) is 25.4. The van der Waals surface area contributed by atoms with Crippen LogP contribution in [-0.2, 0) is 77.8 Å². The lowest BCUT2D eigenvalue weighted by Gasteiger charge is -2.14. The predicted octanol–water partition coefficient (Wildman–Crippen LogP) is 5.15. The minimum atomic E-state index is -1.19. The molecular formula is C73H91N5O26. The highest BCUT2D eigenvalue weighted by atomic mass is 16.6. The summed E-state index contributed by atoms with van der Waals surface area (Å²) >= 11 is 0. The van der Waals surface area contributed by atoms with Crippen molar-refractivity contribution in [3.05, 3.63) is 186 Å². The van der Waals surface area contributed by atoms with Gasteiger partial charge in [-0.15, -0.1) is 0 Å². The number of unbranched alkanes of at least 4 members (excludes halogenated alkanes) is 1. The first-order valence-electron chi connectivity index (χ1n) is 33.2. The molecule has 31 heteroatoms. The number of rotatable bonds is 35. The Kier molecular flexibility index (Phi) is 44.2. The summed E-state index contributed by atoms with van der Waals surface area (Å²) in [7, 11) is 0. The van der Waals surface area contributed by atoms with Crippen LogP contribution in [0.2, 0.25) is 0 Å². The fourth-order valence-corrected chi connectivity index (χ4v) is 8.13. The second-order valence-electron chi connectivity index (χ2n) is 23.1. The zero-order valence-corrected chi connectivity index (χ0v) is 58.3. The van der Waals surface area contributed by atoms with Crippen molar-refractivity contribution in [3.8, 4) is 0 Å². The molecule has 0 saturated heterocycles.